The Balaban J connectivity index is -0.00000000595. The molecule has 0 fully saturated rings. The van der Waals surface area contributed by atoms with Gasteiger partial charge in [0.1, 0.15) is 0 Å². The molecule has 0 aliphatic carbocycles. The van der Waals surface area contributed by atoms with Crippen LogP contribution in [-0.4, -0.2) is 10.9 Å². The van der Waals surface area contributed by atoms with E-state index in [2.05, 4.69) is 4.89 Å². The molecule has 0 saturated heterocycles. The van der Waals surface area contributed by atoms with E-state index < -0.39 is 5.60 Å². The van der Waals surface area contributed by atoms with Crippen molar-refractivity contribution >= 4 is 0 Å². The molecule has 9 heteroatoms. The third-order valence-electron chi connectivity index (χ3n) is 0.274. The number of rotatable bonds is 0. The van der Waals surface area contributed by atoms with Gasteiger partial charge >= 0.3 is 0 Å². The van der Waals surface area contributed by atoms with Gasteiger partial charge in [-0.1, -0.05) is 0 Å². The quantitative estimate of drug-likeness (QED) is 0.249. The Morgan fingerprint density at radius 1 is 0.769 bits per heavy atom. The first-order chi connectivity index (χ1) is 2.56. The molecule has 13 heavy (non-hydrogen) atoms. The van der Waals surface area contributed by atoms with Gasteiger partial charge in [0.25, 0.3) is 0 Å². The molecule has 0 amide bonds. The maximum absolute atomic E-state index is 7.90. The summed E-state index contributed by atoms with van der Waals surface area (Å²) >= 11 is 0. The van der Waals surface area contributed by atoms with Crippen molar-refractivity contribution in [2.75, 3.05) is 0 Å². The van der Waals surface area contributed by atoms with E-state index in [0.717, 1.165) is 0 Å². The minimum absolute atomic E-state index is 0. The second-order valence-electron chi connectivity index (χ2n) is 2.20. The second-order valence-corrected chi connectivity index (χ2v) is 2.20. The fourth-order valence-electron chi connectivity index (χ4n) is 0. The Labute approximate surface area is 131 Å². The van der Waals surface area contributed by atoms with Crippen LogP contribution in [0.3, 0.4) is 0 Å². The largest absolute Gasteiger partial charge is 1.00 e. The van der Waals surface area contributed by atoms with Gasteiger partial charge in [-0.3, -0.25) is 5.26 Å². The molecule has 0 aromatic rings. The zero-order valence-corrected chi connectivity index (χ0v) is 13.6. The second kappa shape index (κ2) is 29.3. The van der Waals surface area contributed by atoms with Gasteiger partial charge in [-0.2, -0.15) is 0 Å². The van der Waals surface area contributed by atoms with Crippen LogP contribution in [0.4, 0.5) is 0 Å². The topological polar surface area (TPSA) is 29.5 Å². The Morgan fingerprint density at radius 3 is 0.846 bits per heavy atom. The summed E-state index contributed by atoms with van der Waals surface area (Å²) < 4.78 is 0. The average molecular weight is 399 g/mol. The van der Waals surface area contributed by atoms with Gasteiger partial charge in [-0.05, 0) is 20.8 Å². The molecule has 0 radical (unpaired) electrons. The maximum atomic E-state index is 7.90. The third-order valence-corrected chi connectivity index (χ3v) is 0.274. The number of hydrogen-bond acceptors (Lipinski definition) is 2. The fraction of sp³-hybridized carbons (Fsp3) is 1.00. The first-order valence-electron chi connectivity index (χ1n) is 1.89. The number of hydrogen-bond donors (Lipinski definition) is 1. The van der Waals surface area contributed by atoms with E-state index in [-0.39, 0.29) is 95.5 Å². The van der Waals surface area contributed by atoms with Gasteiger partial charge in [0.2, 0.25) is 0 Å². The van der Waals surface area contributed by atoms with Crippen LogP contribution in [0.1, 0.15) is 20.8 Å². The molecule has 0 unspecified atom stereocenters. The van der Waals surface area contributed by atoms with E-state index in [1.54, 1.807) is 20.8 Å². The summed E-state index contributed by atoms with van der Waals surface area (Å²) in [6, 6.07) is 0. The average Bonchev–Trinajstić information content (AvgIpc) is 1.35. The van der Waals surface area contributed by atoms with Crippen molar-refractivity contribution < 1.29 is 106 Å². The maximum Gasteiger partial charge on any atom is 0.0949 e. The van der Waals surface area contributed by atoms with Crippen molar-refractivity contribution in [1.29, 1.82) is 0 Å². The van der Waals surface area contributed by atoms with Crippen molar-refractivity contribution in [3.63, 3.8) is 0 Å². The van der Waals surface area contributed by atoms with Crippen molar-refractivity contribution in [1.82, 2.24) is 0 Å². The predicted octanol–water partition coefficient (Wildman–Crippen LogP) is -16.7. The molecule has 0 rings (SSSR count). The summed E-state index contributed by atoms with van der Waals surface area (Å²) in [5.74, 6) is 0. The van der Waals surface area contributed by atoms with Crippen molar-refractivity contribution in [3.05, 3.63) is 0 Å². The monoisotopic (exact) mass is 398 g/mol. The normalized spacial score (nSPS) is 5.54. The zero-order valence-electron chi connectivity index (χ0n) is 7.03. The van der Waals surface area contributed by atoms with Gasteiger partial charge < -0.3 is 74.4 Å². The van der Waals surface area contributed by atoms with Gasteiger partial charge in [0, 0.05) is 21.1 Å². The molecule has 1 N–H and O–H groups in total. The van der Waals surface area contributed by atoms with E-state index in [1.165, 1.54) is 0 Å². The molecule has 0 saturated carbocycles. The molecule has 0 aromatic heterocycles. The zero-order chi connectivity index (χ0) is 5.21. The molecule has 0 spiro atoms. The summed E-state index contributed by atoms with van der Waals surface area (Å²) in [4.78, 5) is 3.94. The van der Waals surface area contributed by atoms with Crippen LogP contribution in [0.25, 0.3) is 0 Å². The minimum atomic E-state index is -0.403. The predicted molar refractivity (Wildman–Crippen MR) is 23.5 cm³/mol. The minimum Gasteiger partial charge on any atom is -1.00 e. The first kappa shape index (κ1) is 58.5. The van der Waals surface area contributed by atoms with Crippen LogP contribution in [0.5, 0.6) is 0 Å². The van der Waals surface area contributed by atoms with Crippen molar-refractivity contribution in [2.24, 2.45) is 0 Å². The smallest absolute Gasteiger partial charge is 0.0949 e. The molecular formula is C4H10Cl6MoO2-6. The summed E-state index contributed by atoms with van der Waals surface area (Å²) in [7, 11) is 0. The van der Waals surface area contributed by atoms with Gasteiger partial charge in [0.15, 0.2) is 0 Å². The molecular weight excluding hydrogens is 389 g/mol. The molecule has 0 heterocycles. The summed E-state index contributed by atoms with van der Waals surface area (Å²) in [5, 5.41) is 7.90. The molecule has 92 valence electrons. The summed E-state index contributed by atoms with van der Waals surface area (Å²) in [6.07, 6.45) is 0. The fourth-order valence-corrected chi connectivity index (χ4v) is 0. The van der Waals surface area contributed by atoms with E-state index in [1.807, 2.05) is 0 Å². The molecule has 0 atom stereocenters. The molecule has 0 aliphatic heterocycles. The van der Waals surface area contributed by atoms with Crippen molar-refractivity contribution in [2.45, 2.75) is 26.4 Å². The number of halogens is 6. The van der Waals surface area contributed by atoms with Gasteiger partial charge in [-0.25, -0.2) is 4.89 Å². The van der Waals surface area contributed by atoms with E-state index in [0.29, 0.717) is 0 Å². The molecule has 0 aliphatic rings. The van der Waals surface area contributed by atoms with Gasteiger partial charge in [-0.15, -0.1) is 0 Å². The summed E-state index contributed by atoms with van der Waals surface area (Å²) in [6.45, 7) is 5.31. The third kappa shape index (κ3) is 76.5. The SMILES string of the molecule is CC(C)(C)OO.[Cl-].[Cl-].[Cl-].[Cl-].[Cl-].[Cl-].[Mo]. The van der Waals surface area contributed by atoms with Crippen LogP contribution in [0.15, 0.2) is 0 Å². The van der Waals surface area contributed by atoms with Crippen LogP contribution < -0.4 is 74.4 Å². The molecule has 0 aromatic carbocycles. The molecule has 0 bridgehead atoms. The van der Waals surface area contributed by atoms with Crippen LogP contribution in [-0.2, 0) is 26.0 Å². The Hall–Kier alpha value is 2.35. The standard InChI is InChI=1S/C4H10O2.6ClH.Mo/c1-4(2,3)6-5;;;;;;;/h5H,1-3H3;6*1H;/p-6. The Kier molecular flexibility index (Phi) is 132. The Morgan fingerprint density at radius 2 is 0.846 bits per heavy atom. The van der Waals surface area contributed by atoms with E-state index >= 15 is 0 Å². The molecule has 2 nitrogen and oxygen atoms in total. The van der Waals surface area contributed by atoms with Crippen LogP contribution >= 0.6 is 0 Å². The van der Waals surface area contributed by atoms with Gasteiger partial charge in [0.05, 0.1) is 5.60 Å². The van der Waals surface area contributed by atoms with Crippen LogP contribution in [0, 0.1) is 0 Å². The van der Waals surface area contributed by atoms with E-state index in [9.17, 15) is 0 Å². The van der Waals surface area contributed by atoms with Crippen LogP contribution in [0.2, 0.25) is 0 Å². The Bertz CT molecular complexity index is 52.4. The first-order valence-corrected chi connectivity index (χ1v) is 1.89. The van der Waals surface area contributed by atoms with Crippen molar-refractivity contribution in [3.8, 4) is 0 Å². The van der Waals surface area contributed by atoms with E-state index in [4.69, 9.17) is 5.26 Å². The summed E-state index contributed by atoms with van der Waals surface area (Å²) in [5.41, 5.74) is -0.403.